The Morgan fingerprint density at radius 2 is 1.89 bits per heavy atom. The lowest BCUT2D eigenvalue weighted by Crippen LogP contribution is -2.43. The zero-order valence-corrected chi connectivity index (χ0v) is 19.5. The van der Waals surface area contributed by atoms with Crippen LogP contribution < -0.4 is 10.6 Å². The number of thioether (sulfide) groups is 1. The van der Waals surface area contributed by atoms with Crippen LogP contribution in [0.2, 0.25) is 0 Å². The van der Waals surface area contributed by atoms with Crippen molar-refractivity contribution in [1.29, 1.82) is 0 Å². The summed E-state index contributed by atoms with van der Waals surface area (Å²) in [5, 5.41) is 15.3. The molecular formula is C22H22F3N3O6S. The molecule has 0 aliphatic heterocycles. The first-order valence-electron chi connectivity index (χ1n) is 10.1. The summed E-state index contributed by atoms with van der Waals surface area (Å²) in [7, 11) is 0. The van der Waals surface area contributed by atoms with Gasteiger partial charge in [0.1, 0.15) is 6.04 Å². The first-order chi connectivity index (χ1) is 16.4. The third-order valence-electron chi connectivity index (χ3n) is 4.62. The Bertz CT molecular complexity index is 1110. The number of hydrogen-bond acceptors (Lipinski definition) is 7. The van der Waals surface area contributed by atoms with Crippen LogP contribution in [0, 0.1) is 17.0 Å². The average Bonchev–Trinajstić information content (AvgIpc) is 2.79. The molecule has 1 atom stereocenters. The highest BCUT2D eigenvalue weighted by molar-refractivity contribution is 7.98. The summed E-state index contributed by atoms with van der Waals surface area (Å²) >= 11 is 1.41. The third-order valence-corrected chi connectivity index (χ3v) is 5.26. The molecule has 0 aromatic heterocycles. The van der Waals surface area contributed by atoms with Crippen molar-refractivity contribution in [3.8, 4) is 0 Å². The maximum Gasteiger partial charge on any atom is 0.418 e. The van der Waals surface area contributed by atoms with Crippen molar-refractivity contribution in [2.45, 2.75) is 25.6 Å². The van der Waals surface area contributed by atoms with E-state index in [-0.39, 0.29) is 6.42 Å². The van der Waals surface area contributed by atoms with Gasteiger partial charge in [-0.05, 0) is 43.6 Å². The molecule has 0 radical (unpaired) electrons. The molecule has 0 unspecified atom stereocenters. The Morgan fingerprint density at radius 3 is 2.49 bits per heavy atom. The van der Waals surface area contributed by atoms with Gasteiger partial charge in [-0.15, -0.1) is 0 Å². The number of non-ortho nitro benzene ring substituents is 1. The SMILES string of the molecule is CSCC[C@H](NC(=O)c1cccc(C)c1)C(=O)OCC(=O)Nc1ccc([N+](=O)[O-])cc1C(F)(F)F. The number of nitrogens with zero attached hydrogens (tertiary/aromatic N) is 1. The number of hydrogen-bond donors (Lipinski definition) is 2. The van der Waals surface area contributed by atoms with E-state index < -0.39 is 58.5 Å². The molecule has 35 heavy (non-hydrogen) atoms. The lowest BCUT2D eigenvalue weighted by atomic mass is 10.1. The molecule has 0 aliphatic rings. The number of carbonyl (C=O) groups excluding carboxylic acids is 3. The van der Waals surface area contributed by atoms with Gasteiger partial charge < -0.3 is 15.4 Å². The van der Waals surface area contributed by atoms with Gasteiger partial charge in [0.05, 0.1) is 16.2 Å². The van der Waals surface area contributed by atoms with Crippen LogP contribution in [-0.2, 0) is 20.5 Å². The molecule has 2 N–H and O–H groups in total. The molecule has 2 amide bonds. The lowest BCUT2D eigenvalue weighted by Gasteiger charge is -2.18. The predicted molar refractivity (Wildman–Crippen MR) is 123 cm³/mol. The largest absolute Gasteiger partial charge is 0.454 e. The Hall–Kier alpha value is -3.61. The van der Waals surface area contributed by atoms with Crippen LogP contribution in [0.25, 0.3) is 0 Å². The second-order valence-electron chi connectivity index (χ2n) is 7.32. The summed E-state index contributed by atoms with van der Waals surface area (Å²) in [4.78, 5) is 46.9. The number of nitro benzene ring substituents is 1. The number of ether oxygens (including phenoxy) is 1. The zero-order chi connectivity index (χ0) is 26.2. The van der Waals surface area contributed by atoms with E-state index in [4.69, 9.17) is 4.74 Å². The minimum Gasteiger partial charge on any atom is -0.454 e. The van der Waals surface area contributed by atoms with E-state index in [2.05, 4.69) is 5.32 Å². The number of rotatable bonds is 10. The molecule has 0 heterocycles. The Labute approximate surface area is 202 Å². The maximum absolute atomic E-state index is 13.3. The van der Waals surface area contributed by atoms with Crippen LogP contribution in [0.15, 0.2) is 42.5 Å². The quantitative estimate of drug-likeness (QED) is 0.280. The van der Waals surface area contributed by atoms with Gasteiger partial charge in [-0.2, -0.15) is 24.9 Å². The van der Waals surface area contributed by atoms with Crippen LogP contribution >= 0.6 is 11.8 Å². The number of esters is 1. The molecule has 13 heteroatoms. The fourth-order valence-electron chi connectivity index (χ4n) is 2.93. The third kappa shape index (κ3) is 8.28. The number of nitro groups is 1. The number of nitrogens with one attached hydrogen (secondary N) is 2. The molecule has 2 aromatic rings. The van der Waals surface area contributed by atoms with Gasteiger partial charge in [0.2, 0.25) is 0 Å². The fourth-order valence-corrected chi connectivity index (χ4v) is 3.40. The van der Waals surface area contributed by atoms with E-state index in [1.807, 2.05) is 5.32 Å². The van der Waals surface area contributed by atoms with Gasteiger partial charge in [-0.1, -0.05) is 17.7 Å². The molecular weight excluding hydrogens is 491 g/mol. The number of carbonyl (C=O) groups is 3. The highest BCUT2D eigenvalue weighted by Crippen LogP contribution is 2.37. The minimum atomic E-state index is -4.98. The van der Waals surface area contributed by atoms with Crippen molar-refractivity contribution in [2.75, 3.05) is 23.9 Å². The van der Waals surface area contributed by atoms with Gasteiger partial charge in [-0.25, -0.2) is 4.79 Å². The highest BCUT2D eigenvalue weighted by Gasteiger charge is 2.36. The summed E-state index contributed by atoms with van der Waals surface area (Å²) in [5.74, 6) is -2.07. The summed E-state index contributed by atoms with van der Waals surface area (Å²) < 4.78 is 44.7. The highest BCUT2D eigenvalue weighted by atomic mass is 32.2. The molecule has 9 nitrogen and oxygen atoms in total. The number of anilines is 1. The van der Waals surface area contributed by atoms with Gasteiger partial charge in [0.15, 0.2) is 6.61 Å². The molecule has 188 valence electrons. The zero-order valence-electron chi connectivity index (χ0n) is 18.7. The molecule has 0 spiro atoms. The Balaban J connectivity index is 2.06. The first kappa shape index (κ1) is 27.6. The monoisotopic (exact) mass is 513 g/mol. The van der Waals surface area contributed by atoms with E-state index in [1.54, 1.807) is 37.4 Å². The smallest absolute Gasteiger partial charge is 0.418 e. The Kier molecular flexibility index (Phi) is 9.63. The average molecular weight is 513 g/mol. The number of amides is 2. The summed E-state index contributed by atoms with van der Waals surface area (Å²) in [6, 6.07) is 7.41. The van der Waals surface area contributed by atoms with Crippen molar-refractivity contribution in [1.82, 2.24) is 5.32 Å². The van der Waals surface area contributed by atoms with Crippen LogP contribution in [-0.4, -0.2) is 47.4 Å². The van der Waals surface area contributed by atoms with Crippen LogP contribution in [0.3, 0.4) is 0 Å². The van der Waals surface area contributed by atoms with Crippen molar-refractivity contribution in [3.63, 3.8) is 0 Å². The van der Waals surface area contributed by atoms with E-state index >= 15 is 0 Å². The molecule has 0 fully saturated rings. The minimum absolute atomic E-state index is 0.194. The fraction of sp³-hybridized carbons (Fsp3) is 0.318. The van der Waals surface area contributed by atoms with Gasteiger partial charge in [0, 0.05) is 17.7 Å². The summed E-state index contributed by atoms with van der Waals surface area (Å²) in [5.41, 5.74) is -1.79. The molecule has 0 bridgehead atoms. The number of alkyl halides is 3. The topological polar surface area (TPSA) is 128 Å². The molecule has 0 aliphatic carbocycles. The predicted octanol–water partition coefficient (Wildman–Crippen LogP) is 3.96. The molecule has 2 aromatic carbocycles. The number of benzene rings is 2. The van der Waals surface area contributed by atoms with Gasteiger partial charge >= 0.3 is 12.1 Å². The van der Waals surface area contributed by atoms with Crippen LogP contribution in [0.1, 0.15) is 27.9 Å². The molecule has 0 saturated carbocycles. The lowest BCUT2D eigenvalue weighted by molar-refractivity contribution is -0.385. The van der Waals surface area contributed by atoms with Gasteiger partial charge in [0.25, 0.3) is 17.5 Å². The second kappa shape index (κ2) is 12.2. The van der Waals surface area contributed by atoms with Crippen molar-refractivity contribution in [2.24, 2.45) is 0 Å². The molecule has 0 saturated heterocycles. The standard InChI is InChI=1S/C22H22F3N3O6S/c1-13-4-3-5-14(10-13)20(30)27-18(8-9-35-2)21(31)34-12-19(29)26-17-7-6-15(28(32)33)11-16(17)22(23,24)25/h3-7,10-11,18H,8-9,12H2,1-2H3,(H,26,29)(H,27,30)/t18-/m0/s1. The number of aryl methyl sites for hydroxylation is 1. The van der Waals surface area contributed by atoms with Crippen molar-refractivity contribution in [3.05, 3.63) is 69.3 Å². The van der Waals surface area contributed by atoms with E-state index in [0.717, 1.165) is 17.7 Å². The van der Waals surface area contributed by atoms with E-state index in [0.29, 0.717) is 17.4 Å². The van der Waals surface area contributed by atoms with Crippen LogP contribution in [0.5, 0.6) is 0 Å². The normalized spacial score (nSPS) is 11.9. The number of halogens is 3. The second-order valence-corrected chi connectivity index (χ2v) is 8.30. The van der Waals surface area contributed by atoms with E-state index in [9.17, 15) is 37.7 Å². The van der Waals surface area contributed by atoms with Gasteiger partial charge in [-0.3, -0.25) is 19.7 Å². The van der Waals surface area contributed by atoms with Crippen molar-refractivity contribution < 1.29 is 37.2 Å². The maximum atomic E-state index is 13.3. The summed E-state index contributed by atoms with van der Waals surface area (Å²) in [6.45, 7) is 0.868. The van der Waals surface area contributed by atoms with Crippen molar-refractivity contribution >= 4 is 40.9 Å². The van der Waals surface area contributed by atoms with E-state index in [1.165, 1.54) is 11.8 Å². The Morgan fingerprint density at radius 1 is 1.17 bits per heavy atom. The molecule has 2 rings (SSSR count). The summed E-state index contributed by atoms with van der Waals surface area (Å²) in [6.07, 6.45) is -2.99. The first-order valence-corrected chi connectivity index (χ1v) is 11.5. The van der Waals surface area contributed by atoms with Crippen LogP contribution in [0.4, 0.5) is 24.5 Å².